The van der Waals surface area contributed by atoms with E-state index < -0.39 is 30.0 Å². The number of rotatable bonds is 27. The van der Waals surface area contributed by atoms with E-state index in [1.807, 2.05) is 0 Å². The molecule has 0 aromatic rings. The zero-order valence-electron chi connectivity index (χ0n) is 24.6. The van der Waals surface area contributed by atoms with E-state index >= 15 is 0 Å². The first kappa shape index (κ1) is 36.6. The lowest BCUT2D eigenvalue weighted by Crippen LogP contribution is -2.30. The number of carbonyl (C=O) groups excluding carboxylic acids is 4. The summed E-state index contributed by atoms with van der Waals surface area (Å²) in [6, 6.07) is 0. The molecule has 0 fully saturated rings. The number of aliphatic carboxylic acids is 1. The molecule has 0 amide bonds. The van der Waals surface area contributed by atoms with E-state index in [0.717, 1.165) is 38.5 Å². The van der Waals surface area contributed by atoms with Crippen LogP contribution in [0.2, 0.25) is 0 Å². The van der Waals surface area contributed by atoms with Crippen LogP contribution in [0.25, 0.3) is 0 Å². The maximum Gasteiger partial charge on any atom is 0.331 e. The number of hydrogen-bond donors (Lipinski definition) is 0. The molecule has 0 aromatic carbocycles. The smallest absolute Gasteiger partial charge is 0.331 e. The van der Waals surface area contributed by atoms with Crippen molar-refractivity contribution in [1.82, 2.24) is 0 Å². The van der Waals surface area contributed by atoms with Gasteiger partial charge in [-0.3, -0.25) is 9.59 Å². The summed E-state index contributed by atoms with van der Waals surface area (Å²) in [5.41, 5.74) is 0. The van der Waals surface area contributed by atoms with Crippen molar-refractivity contribution in [3.8, 4) is 0 Å². The van der Waals surface area contributed by atoms with Gasteiger partial charge in [-0.05, 0) is 18.9 Å². The van der Waals surface area contributed by atoms with Crippen molar-refractivity contribution in [2.75, 3.05) is 13.2 Å². The quantitative estimate of drug-likeness (QED) is 0.0515. The van der Waals surface area contributed by atoms with Crippen molar-refractivity contribution in [3.63, 3.8) is 0 Å². The zero-order chi connectivity index (χ0) is 29.0. The van der Waals surface area contributed by atoms with Gasteiger partial charge in [0.05, 0.1) is 5.97 Å². The zero-order valence-corrected chi connectivity index (χ0v) is 24.6. The Balaban J connectivity index is 4.26. The number of carboxylic acids is 1. The van der Waals surface area contributed by atoms with Gasteiger partial charge in [0, 0.05) is 18.9 Å². The molecule has 0 atom stereocenters. The van der Waals surface area contributed by atoms with Gasteiger partial charge in [-0.15, -0.1) is 0 Å². The highest BCUT2D eigenvalue weighted by Gasteiger charge is 2.18. The van der Waals surface area contributed by atoms with Crippen LogP contribution in [0.3, 0.4) is 0 Å². The summed E-state index contributed by atoms with van der Waals surface area (Å²) in [6.07, 6.45) is 21.2. The first-order valence-electron chi connectivity index (χ1n) is 15.3. The molecule has 8 nitrogen and oxygen atoms in total. The number of esters is 3. The van der Waals surface area contributed by atoms with Crippen LogP contribution >= 0.6 is 0 Å². The van der Waals surface area contributed by atoms with E-state index in [-0.39, 0.29) is 26.1 Å². The minimum atomic E-state index is -1.54. The van der Waals surface area contributed by atoms with Crippen LogP contribution < -0.4 is 5.11 Å². The van der Waals surface area contributed by atoms with Crippen LogP contribution in [0.15, 0.2) is 12.2 Å². The molecule has 0 spiro atoms. The molecule has 0 saturated carbocycles. The molecule has 0 saturated heterocycles. The van der Waals surface area contributed by atoms with E-state index in [9.17, 15) is 24.3 Å². The Morgan fingerprint density at radius 1 is 0.564 bits per heavy atom. The third-order valence-corrected chi connectivity index (χ3v) is 6.47. The van der Waals surface area contributed by atoms with Crippen LogP contribution in [0, 0.1) is 0 Å². The van der Waals surface area contributed by atoms with Crippen molar-refractivity contribution in [3.05, 3.63) is 12.2 Å². The highest BCUT2D eigenvalue weighted by atomic mass is 16.6. The summed E-state index contributed by atoms with van der Waals surface area (Å²) in [7, 11) is 0. The summed E-state index contributed by atoms with van der Waals surface area (Å²) >= 11 is 0. The Morgan fingerprint density at radius 2 is 0.923 bits per heavy atom. The summed E-state index contributed by atoms with van der Waals surface area (Å²) < 4.78 is 15.6. The number of unbranched alkanes of at least 4 members (excludes halogenated alkanes) is 16. The fraction of sp³-hybridized carbons (Fsp3) is 0.806. The molecule has 0 aliphatic carbocycles. The Kier molecular flexibility index (Phi) is 25.5. The minimum absolute atomic E-state index is 0.263. The molecule has 0 bridgehead atoms. The minimum Gasteiger partial charge on any atom is -0.545 e. The van der Waals surface area contributed by atoms with Crippen molar-refractivity contribution < 1.29 is 38.5 Å². The maximum atomic E-state index is 12.1. The molecule has 0 heterocycles. The molecule has 0 aliphatic heterocycles. The van der Waals surface area contributed by atoms with Crippen LogP contribution in [-0.2, 0) is 33.4 Å². The van der Waals surface area contributed by atoms with Gasteiger partial charge in [-0.2, -0.15) is 0 Å². The van der Waals surface area contributed by atoms with Crippen molar-refractivity contribution in [2.24, 2.45) is 0 Å². The first-order valence-corrected chi connectivity index (χ1v) is 15.3. The Labute approximate surface area is 236 Å². The van der Waals surface area contributed by atoms with Crippen LogP contribution in [0.1, 0.15) is 142 Å². The molecule has 0 rings (SSSR count). The largest absolute Gasteiger partial charge is 0.545 e. The summed E-state index contributed by atoms with van der Waals surface area (Å²) in [5.74, 6) is -3.31. The first-order chi connectivity index (χ1) is 18.9. The number of carboxylic acid groups (broad SMARTS) is 1. The predicted molar refractivity (Wildman–Crippen MR) is 150 cm³/mol. The molecule has 8 heteroatoms. The lowest BCUT2D eigenvalue weighted by Gasteiger charge is -2.17. The van der Waals surface area contributed by atoms with Gasteiger partial charge in [0.2, 0.25) is 0 Å². The standard InChI is InChI=1S/C31H54O8/c1-3-5-7-9-11-13-15-17-19-21-29(34)37-25-27(39-31(36)24-23-28(32)33)26-38-30(35)22-20-18-16-14-12-10-8-6-4-2/h23-24,27H,3-22,25-26H2,1-2H3,(H,32,33)/p-1/b24-23+. The molecule has 0 N–H and O–H groups in total. The average molecular weight is 554 g/mol. The summed E-state index contributed by atoms with van der Waals surface area (Å²) in [4.78, 5) is 46.7. The third kappa shape index (κ3) is 27.0. The van der Waals surface area contributed by atoms with Crippen molar-refractivity contribution >= 4 is 23.9 Å². The van der Waals surface area contributed by atoms with Gasteiger partial charge in [-0.1, -0.05) is 117 Å². The SMILES string of the molecule is CCCCCCCCCCCC(=O)OCC(COC(=O)CCCCCCCCCCC)OC(=O)/C=C/C(=O)[O-]. The van der Waals surface area contributed by atoms with E-state index in [0.29, 0.717) is 12.2 Å². The highest BCUT2D eigenvalue weighted by molar-refractivity contribution is 5.90. The van der Waals surface area contributed by atoms with E-state index in [4.69, 9.17) is 14.2 Å². The van der Waals surface area contributed by atoms with Crippen molar-refractivity contribution in [2.45, 2.75) is 148 Å². The van der Waals surface area contributed by atoms with E-state index in [1.54, 1.807) is 0 Å². The molecule has 0 radical (unpaired) electrons. The predicted octanol–water partition coefficient (Wildman–Crippen LogP) is 6.13. The topological polar surface area (TPSA) is 119 Å². The Morgan fingerprint density at radius 3 is 1.28 bits per heavy atom. The van der Waals surface area contributed by atoms with Crippen LogP contribution in [-0.4, -0.2) is 43.2 Å². The van der Waals surface area contributed by atoms with E-state index in [1.165, 1.54) is 77.0 Å². The lowest BCUT2D eigenvalue weighted by atomic mass is 10.1. The monoisotopic (exact) mass is 553 g/mol. The lowest BCUT2D eigenvalue weighted by molar-refractivity contribution is -0.297. The molecule has 0 aromatic heterocycles. The normalized spacial score (nSPS) is 11.2. The van der Waals surface area contributed by atoms with Crippen LogP contribution in [0.4, 0.5) is 0 Å². The summed E-state index contributed by atoms with van der Waals surface area (Å²) in [5, 5.41) is 10.5. The second-order valence-electron chi connectivity index (χ2n) is 10.2. The van der Waals surface area contributed by atoms with Gasteiger partial charge in [0.25, 0.3) is 0 Å². The maximum absolute atomic E-state index is 12.1. The fourth-order valence-corrected chi connectivity index (χ4v) is 4.13. The second-order valence-corrected chi connectivity index (χ2v) is 10.2. The summed E-state index contributed by atoms with van der Waals surface area (Å²) in [6.45, 7) is 3.86. The second kappa shape index (κ2) is 27.2. The fourth-order valence-electron chi connectivity index (χ4n) is 4.13. The van der Waals surface area contributed by atoms with E-state index in [2.05, 4.69) is 13.8 Å². The van der Waals surface area contributed by atoms with Gasteiger partial charge >= 0.3 is 17.9 Å². The molecular weight excluding hydrogens is 500 g/mol. The highest BCUT2D eigenvalue weighted by Crippen LogP contribution is 2.12. The number of hydrogen-bond acceptors (Lipinski definition) is 8. The van der Waals surface area contributed by atoms with Crippen LogP contribution in [0.5, 0.6) is 0 Å². The van der Waals surface area contributed by atoms with Gasteiger partial charge in [0.1, 0.15) is 13.2 Å². The van der Waals surface area contributed by atoms with Crippen molar-refractivity contribution in [1.29, 1.82) is 0 Å². The molecule has 39 heavy (non-hydrogen) atoms. The molecule has 226 valence electrons. The Hall–Kier alpha value is -2.38. The third-order valence-electron chi connectivity index (χ3n) is 6.47. The molecular formula is C31H53O8-. The number of carbonyl (C=O) groups is 4. The molecule has 0 aliphatic rings. The van der Waals surface area contributed by atoms with Gasteiger partial charge in [-0.25, -0.2) is 4.79 Å². The van der Waals surface area contributed by atoms with Gasteiger partial charge < -0.3 is 24.1 Å². The molecule has 0 unspecified atom stereocenters. The number of ether oxygens (including phenoxy) is 3. The Bertz CT molecular complexity index is 636. The average Bonchev–Trinajstić information content (AvgIpc) is 2.91. The van der Waals surface area contributed by atoms with Gasteiger partial charge in [0.15, 0.2) is 6.10 Å².